The highest BCUT2D eigenvalue weighted by Gasteiger charge is 2.43. The Morgan fingerprint density at radius 1 is 1.00 bits per heavy atom. The van der Waals surface area contributed by atoms with Crippen LogP contribution in [0.2, 0.25) is 0 Å². The van der Waals surface area contributed by atoms with Crippen molar-refractivity contribution in [3.05, 3.63) is 59.7 Å². The highest BCUT2D eigenvalue weighted by molar-refractivity contribution is 7.76. The first-order valence-electron chi connectivity index (χ1n) is 5.83. The topological polar surface area (TPSA) is 87.0 Å². The molecular weight excluding hydrogens is 279 g/mol. The van der Waals surface area contributed by atoms with Crippen LogP contribution < -0.4 is 4.74 Å². The van der Waals surface area contributed by atoms with E-state index < -0.39 is 13.5 Å². The van der Waals surface area contributed by atoms with Gasteiger partial charge in [-0.3, -0.25) is 0 Å². The molecule has 2 rings (SSSR count). The summed E-state index contributed by atoms with van der Waals surface area (Å²) in [6, 6.07) is 13.2. The normalized spacial score (nSPS) is 11.2. The molecule has 5 nitrogen and oxygen atoms in total. The van der Waals surface area contributed by atoms with Crippen molar-refractivity contribution in [2.75, 3.05) is 0 Å². The van der Waals surface area contributed by atoms with E-state index in [2.05, 4.69) is 0 Å². The average molecular weight is 293 g/mol. The molecule has 0 radical (unpaired) electrons. The predicted octanol–water partition coefficient (Wildman–Crippen LogP) is 2.67. The smallest absolute Gasteiger partial charge is 0.457 e. The lowest BCUT2D eigenvalue weighted by Gasteiger charge is -2.07. The van der Waals surface area contributed by atoms with E-state index in [1.165, 1.54) is 18.2 Å². The molecule has 0 amide bonds. The van der Waals surface area contributed by atoms with E-state index in [-0.39, 0.29) is 5.56 Å². The molecule has 0 heterocycles. The molecule has 6 heteroatoms. The van der Waals surface area contributed by atoms with Crippen molar-refractivity contribution in [3.8, 4) is 11.5 Å². The van der Waals surface area contributed by atoms with Gasteiger partial charge in [0.2, 0.25) is 0 Å². The fourth-order valence-corrected chi connectivity index (χ4v) is 2.09. The maximum atomic E-state index is 11.6. The third-order valence-electron chi connectivity index (χ3n) is 2.61. The maximum absolute atomic E-state index is 11.6. The molecule has 2 aromatic carbocycles. The number of hydrogen-bond acceptors (Lipinski definition) is 5. The monoisotopic (exact) mass is 293 g/mol. The molecule has 0 atom stereocenters. The summed E-state index contributed by atoms with van der Waals surface area (Å²) in [5.74, 6) is 0.964. The fourth-order valence-electron chi connectivity index (χ4n) is 1.61. The molecule has 0 bridgehead atoms. The Balaban J connectivity index is 2.22. The summed E-state index contributed by atoms with van der Waals surface area (Å²) in [4.78, 5) is 38.5. The molecule has 0 unspecified atom stereocenters. The van der Waals surface area contributed by atoms with E-state index in [0.29, 0.717) is 11.5 Å². The van der Waals surface area contributed by atoms with Crippen molar-refractivity contribution in [1.82, 2.24) is 0 Å². The highest BCUT2D eigenvalue weighted by atomic mass is 31.2. The molecule has 104 valence electrons. The van der Waals surface area contributed by atoms with Gasteiger partial charge >= 0.3 is 13.5 Å². The van der Waals surface area contributed by atoms with E-state index in [1.807, 2.05) is 19.1 Å². The maximum Gasteiger partial charge on any atom is 0.483 e. The molecule has 0 saturated carbocycles. The Kier molecular flexibility index (Phi) is 4.16. The second-order valence-electron chi connectivity index (χ2n) is 4.32. The number of carbonyl (C=O) groups is 1. The van der Waals surface area contributed by atoms with Crippen molar-refractivity contribution in [2.24, 2.45) is 0 Å². The van der Waals surface area contributed by atoms with Crippen molar-refractivity contribution in [3.63, 3.8) is 0 Å². The molecule has 0 spiro atoms. The highest BCUT2D eigenvalue weighted by Crippen LogP contribution is 2.48. The Labute approximate surface area is 116 Å². The fraction of sp³-hybridized carbons (Fsp3) is 0.0714. The largest absolute Gasteiger partial charge is 0.483 e. The predicted molar refractivity (Wildman–Crippen MR) is 75.6 cm³/mol. The summed E-state index contributed by atoms with van der Waals surface area (Å²) in [6.07, 6.45) is 0. The molecule has 20 heavy (non-hydrogen) atoms. The van der Waals surface area contributed by atoms with Gasteiger partial charge in [0, 0.05) is 0 Å². The van der Waals surface area contributed by atoms with Crippen LogP contribution in [0.3, 0.4) is 0 Å². The van der Waals surface area contributed by atoms with Gasteiger partial charge in [-0.05, 0) is 37.3 Å². The quantitative estimate of drug-likeness (QED) is 0.754. The van der Waals surface area contributed by atoms with Gasteiger partial charge in [-0.25, -0.2) is 4.79 Å². The van der Waals surface area contributed by atoms with Crippen molar-refractivity contribution < 1.29 is 24.2 Å². The van der Waals surface area contributed by atoms with Crippen LogP contribution in [0, 0.1) is 6.92 Å². The Hall–Kier alpha value is -1.78. The van der Waals surface area contributed by atoms with Crippen molar-refractivity contribution in [2.45, 2.75) is 6.92 Å². The molecule has 0 aliphatic carbocycles. The van der Waals surface area contributed by atoms with Gasteiger partial charge in [0.15, 0.2) is 0 Å². The van der Waals surface area contributed by atoms with Crippen LogP contribution in [0.15, 0.2) is 48.5 Å². The third kappa shape index (κ3) is 3.62. The Morgan fingerprint density at radius 2 is 1.65 bits per heavy atom. The van der Waals surface area contributed by atoms with Crippen LogP contribution in [0.1, 0.15) is 15.9 Å². The van der Waals surface area contributed by atoms with Gasteiger partial charge < -0.3 is 4.74 Å². The summed E-state index contributed by atoms with van der Waals surface area (Å²) >= 11 is 0. The van der Waals surface area contributed by atoms with Gasteiger partial charge in [0.05, 0.1) is 5.56 Å². The number of benzene rings is 2. The van der Waals surface area contributed by atoms with Crippen molar-refractivity contribution >= 4 is 13.5 Å². The molecular formula is C14H14O5P+. The van der Waals surface area contributed by atoms with E-state index in [9.17, 15) is 4.79 Å². The zero-order valence-corrected chi connectivity index (χ0v) is 11.6. The summed E-state index contributed by atoms with van der Waals surface area (Å²) in [7, 11) is -4.53. The first-order chi connectivity index (χ1) is 9.36. The van der Waals surface area contributed by atoms with Gasteiger partial charge in [0.1, 0.15) is 11.5 Å². The van der Waals surface area contributed by atoms with Crippen LogP contribution in [0.5, 0.6) is 11.5 Å². The second kappa shape index (κ2) is 5.69. The zero-order chi connectivity index (χ0) is 14.8. The SMILES string of the molecule is Cc1ccc(Oc2cccc(C(=O)[P+](O)(O)O)c2)cc1. The second-order valence-corrected chi connectivity index (χ2v) is 5.86. The van der Waals surface area contributed by atoms with Crippen LogP contribution in [-0.2, 0) is 0 Å². The minimum Gasteiger partial charge on any atom is -0.457 e. The van der Waals surface area contributed by atoms with E-state index in [1.54, 1.807) is 18.2 Å². The third-order valence-corrected chi connectivity index (χ3v) is 3.41. The first kappa shape index (κ1) is 14.6. The molecule has 0 aliphatic rings. The summed E-state index contributed by atoms with van der Waals surface area (Å²) < 4.78 is 5.55. The number of hydrogen-bond donors (Lipinski definition) is 3. The lowest BCUT2D eigenvalue weighted by atomic mass is 10.2. The van der Waals surface area contributed by atoms with E-state index in [4.69, 9.17) is 19.4 Å². The number of ether oxygens (including phenoxy) is 1. The number of carbonyl (C=O) groups excluding carboxylic acids is 1. The van der Waals surface area contributed by atoms with Gasteiger partial charge in [-0.2, -0.15) is 14.7 Å². The number of aryl methyl sites for hydroxylation is 1. The summed E-state index contributed by atoms with van der Waals surface area (Å²) in [5, 5.41) is 0. The summed E-state index contributed by atoms with van der Waals surface area (Å²) in [6.45, 7) is 1.95. The van der Waals surface area contributed by atoms with Gasteiger partial charge in [-0.1, -0.05) is 23.8 Å². The van der Waals surface area contributed by atoms with Gasteiger partial charge in [0.25, 0.3) is 0 Å². The molecule has 0 fully saturated rings. The van der Waals surface area contributed by atoms with Crippen LogP contribution in [-0.4, -0.2) is 20.2 Å². The standard InChI is InChI=1S/C14H14O5P/c1-10-5-7-12(8-6-10)19-13-4-2-3-11(9-13)14(15)20(16,17)18/h2-9,16-18H,1H3/q+1. The van der Waals surface area contributed by atoms with Gasteiger partial charge in [-0.15, -0.1) is 0 Å². The van der Waals surface area contributed by atoms with Crippen LogP contribution in [0.25, 0.3) is 0 Å². The summed E-state index contributed by atoms with van der Waals surface area (Å²) in [5.41, 5.74) is -0.0287. The first-order valence-corrected chi connectivity index (χ1v) is 7.48. The zero-order valence-electron chi connectivity index (χ0n) is 10.7. The molecule has 2 aromatic rings. The molecule has 0 saturated heterocycles. The van der Waals surface area contributed by atoms with Crippen LogP contribution >= 0.6 is 7.94 Å². The van der Waals surface area contributed by atoms with Crippen molar-refractivity contribution in [1.29, 1.82) is 0 Å². The molecule has 0 aromatic heterocycles. The Morgan fingerprint density at radius 3 is 2.25 bits per heavy atom. The minimum absolute atomic E-state index is 0.0181. The van der Waals surface area contributed by atoms with Crippen LogP contribution in [0.4, 0.5) is 0 Å². The average Bonchev–Trinajstić information content (AvgIpc) is 2.40. The molecule has 3 N–H and O–H groups in total. The number of rotatable bonds is 4. The molecule has 0 aliphatic heterocycles. The minimum atomic E-state index is -4.53. The van der Waals surface area contributed by atoms with E-state index >= 15 is 0 Å². The lowest BCUT2D eigenvalue weighted by molar-refractivity contribution is 0.102. The lowest BCUT2D eigenvalue weighted by Crippen LogP contribution is -2.05. The Bertz CT molecular complexity index is 616. The van der Waals surface area contributed by atoms with E-state index in [0.717, 1.165) is 5.56 Å².